The molecule has 3 aromatic rings. The Kier molecular flexibility index (Phi) is 4.57. The van der Waals surface area contributed by atoms with Crippen LogP contribution in [-0.4, -0.2) is 17.6 Å². The lowest BCUT2D eigenvalue weighted by Crippen LogP contribution is -2.20. The van der Waals surface area contributed by atoms with Gasteiger partial charge in [-0.3, -0.25) is 9.36 Å². The Bertz CT molecular complexity index is 945. The van der Waals surface area contributed by atoms with E-state index in [2.05, 4.69) is 5.32 Å². The second kappa shape index (κ2) is 6.80. The van der Waals surface area contributed by atoms with Crippen LogP contribution in [-0.2, 0) is 11.3 Å². The quantitative estimate of drug-likeness (QED) is 0.769. The average molecular weight is 347 g/mol. The van der Waals surface area contributed by atoms with E-state index in [0.717, 1.165) is 0 Å². The first kappa shape index (κ1) is 16.1. The summed E-state index contributed by atoms with van der Waals surface area (Å²) in [6.45, 7) is 0.213. The third kappa shape index (κ3) is 3.14. The number of fused-ring (bicyclic) bond motifs is 1. The Labute approximate surface area is 142 Å². The molecule has 0 atom stereocenters. The van der Waals surface area contributed by atoms with Gasteiger partial charge in [0.1, 0.15) is 0 Å². The molecule has 0 radical (unpaired) electrons. The molecule has 2 aromatic carbocycles. The van der Waals surface area contributed by atoms with Crippen molar-refractivity contribution in [3.8, 4) is 5.75 Å². The SMILES string of the molecule is COc1c(Cl)cccc1NC(=O)CCn1c(=O)oc2ccccc21. The summed E-state index contributed by atoms with van der Waals surface area (Å²) >= 11 is 6.02. The van der Waals surface area contributed by atoms with Crippen LogP contribution in [0.2, 0.25) is 5.02 Å². The number of aromatic nitrogens is 1. The van der Waals surface area contributed by atoms with Crippen LogP contribution in [0.1, 0.15) is 6.42 Å². The normalized spacial score (nSPS) is 10.8. The Balaban J connectivity index is 1.73. The van der Waals surface area contributed by atoms with Crippen molar-refractivity contribution in [1.82, 2.24) is 4.57 Å². The molecule has 0 spiro atoms. The number of halogens is 1. The Morgan fingerprint density at radius 3 is 2.83 bits per heavy atom. The molecule has 0 saturated heterocycles. The summed E-state index contributed by atoms with van der Waals surface area (Å²) in [4.78, 5) is 24.1. The molecule has 7 heteroatoms. The lowest BCUT2D eigenvalue weighted by molar-refractivity contribution is -0.116. The lowest BCUT2D eigenvalue weighted by atomic mass is 10.2. The minimum atomic E-state index is -0.482. The molecule has 0 aliphatic heterocycles. The fourth-order valence-corrected chi connectivity index (χ4v) is 2.72. The maximum atomic E-state index is 12.2. The van der Waals surface area contributed by atoms with E-state index in [1.165, 1.54) is 11.7 Å². The van der Waals surface area contributed by atoms with E-state index in [-0.39, 0.29) is 18.9 Å². The van der Waals surface area contributed by atoms with Crippen LogP contribution >= 0.6 is 11.6 Å². The van der Waals surface area contributed by atoms with Crippen LogP contribution in [0.5, 0.6) is 5.75 Å². The highest BCUT2D eigenvalue weighted by atomic mass is 35.5. The van der Waals surface area contributed by atoms with Crippen molar-refractivity contribution in [1.29, 1.82) is 0 Å². The Morgan fingerprint density at radius 1 is 1.25 bits per heavy atom. The number of anilines is 1. The van der Waals surface area contributed by atoms with Gasteiger partial charge in [0.2, 0.25) is 5.91 Å². The van der Waals surface area contributed by atoms with Gasteiger partial charge in [0.05, 0.1) is 23.3 Å². The number of carbonyl (C=O) groups excluding carboxylic acids is 1. The molecule has 0 saturated carbocycles. The lowest BCUT2D eigenvalue weighted by Gasteiger charge is -2.11. The van der Waals surface area contributed by atoms with Crippen LogP contribution < -0.4 is 15.8 Å². The molecule has 6 nitrogen and oxygen atoms in total. The minimum absolute atomic E-state index is 0.110. The standard InChI is InChI=1S/C17H15ClN2O4/c1-23-16-11(18)5-4-6-12(16)19-15(21)9-10-20-13-7-2-3-8-14(13)24-17(20)22/h2-8H,9-10H2,1H3,(H,19,21). The molecule has 0 unspecified atom stereocenters. The van der Waals surface area contributed by atoms with Crippen molar-refractivity contribution < 1.29 is 13.9 Å². The smallest absolute Gasteiger partial charge is 0.419 e. The summed E-state index contributed by atoms with van der Waals surface area (Å²) in [5.74, 6) is -0.337. The van der Waals surface area contributed by atoms with E-state index >= 15 is 0 Å². The number of carbonyl (C=O) groups is 1. The van der Waals surface area contributed by atoms with Gasteiger partial charge in [0, 0.05) is 13.0 Å². The molecule has 124 valence electrons. The van der Waals surface area contributed by atoms with Crippen LogP contribution in [0.3, 0.4) is 0 Å². The van der Waals surface area contributed by atoms with Crippen molar-refractivity contribution >= 4 is 34.3 Å². The summed E-state index contributed by atoms with van der Waals surface area (Å²) < 4.78 is 11.8. The number of nitrogens with one attached hydrogen (secondary N) is 1. The van der Waals surface area contributed by atoms with E-state index in [0.29, 0.717) is 27.6 Å². The molecule has 0 bridgehead atoms. The number of hydrogen-bond acceptors (Lipinski definition) is 4. The Morgan fingerprint density at radius 2 is 2.04 bits per heavy atom. The maximum absolute atomic E-state index is 12.2. The topological polar surface area (TPSA) is 73.5 Å². The van der Waals surface area contributed by atoms with Crippen molar-refractivity contribution in [3.63, 3.8) is 0 Å². The predicted molar refractivity (Wildman–Crippen MR) is 91.7 cm³/mol. The van der Waals surface area contributed by atoms with Gasteiger partial charge < -0.3 is 14.5 Å². The van der Waals surface area contributed by atoms with E-state index in [1.54, 1.807) is 36.4 Å². The van der Waals surface area contributed by atoms with E-state index in [9.17, 15) is 9.59 Å². The largest absolute Gasteiger partial charge is 0.493 e. The fourth-order valence-electron chi connectivity index (χ4n) is 2.47. The third-order valence-electron chi connectivity index (χ3n) is 3.58. The molecular formula is C17H15ClN2O4. The zero-order valence-electron chi connectivity index (χ0n) is 12.9. The first-order valence-electron chi connectivity index (χ1n) is 7.31. The van der Waals surface area contributed by atoms with Gasteiger partial charge in [-0.1, -0.05) is 29.8 Å². The molecule has 0 aliphatic carbocycles. The highest BCUT2D eigenvalue weighted by molar-refractivity contribution is 6.32. The summed E-state index contributed by atoms with van der Waals surface area (Å²) in [5, 5.41) is 3.15. The number of oxazole rings is 1. The molecule has 1 amide bonds. The number of methoxy groups -OCH3 is 1. The first-order chi connectivity index (χ1) is 11.6. The molecule has 0 fully saturated rings. The van der Waals surface area contributed by atoms with Crippen molar-refractivity contribution in [2.24, 2.45) is 0 Å². The van der Waals surface area contributed by atoms with Crippen LogP contribution in [0.15, 0.2) is 51.7 Å². The van der Waals surface area contributed by atoms with Crippen LogP contribution in [0.4, 0.5) is 5.69 Å². The number of aryl methyl sites for hydroxylation is 1. The molecule has 1 N–H and O–H groups in total. The summed E-state index contributed by atoms with van der Waals surface area (Å²) in [7, 11) is 1.48. The average Bonchev–Trinajstić information content (AvgIpc) is 2.88. The minimum Gasteiger partial charge on any atom is -0.493 e. The van der Waals surface area contributed by atoms with E-state index in [1.807, 2.05) is 6.07 Å². The number of hydrogen-bond donors (Lipinski definition) is 1. The fraction of sp³-hybridized carbons (Fsp3) is 0.176. The van der Waals surface area contributed by atoms with Gasteiger partial charge in [-0.2, -0.15) is 0 Å². The number of ether oxygens (including phenoxy) is 1. The van der Waals surface area contributed by atoms with Crippen LogP contribution in [0.25, 0.3) is 11.1 Å². The van der Waals surface area contributed by atoms with Crippen molar-refractivity contribution in [3.05, 3.63) is 58.0 Å². The predicted octanol–water partition coefficient (Wildman–Crippen LogP) is 3.29. The van der Waals surface area contributed by atoms with Crippen molar-refractivity contribution in [2.45, 2.75) is 13.0 Å². The molecule has 3 rings (SSSR count). The summed E-state index contributed by atoms with van der Waals surface area (Å²) in [6, 6.07) is 12.2. The Hall–Kier alpha value is -2.73. The first-order valence-corrected chi connectivity index (χ1v) is 7.68. The second-order valence-electron chi connectivity index (χ2n) is 5.11. The molecule has 0 aliphatic rings. The highest BCUT2D eigenvalue weighted by Crippen LogP contribution is 2.32. The highest BCUT2D eigenvalue weighted by Gasteiger charge is 2.13. The maximum Gasteiger partial charge on any atom is 0.419 e. The van der Waals surface area contributed by atoms with Gasteiger partial charge in [0.25, 0.3) is 0 Å². The number of nitrogens with zero attached hydrogens (tertiary/aromatic N) is 1. The number of para-hydroxylation sites is 3. The third-order valence-corrected chi connectivity index (χ3v) is 3.88. The van der Waals surface area contributed by atoms with Gasteiger partial charge in [-0.15, -0.1) is 0 Å². The van der Waals surface area contributed by atoms with E-state index in [4.69, 9.17) is 20.8 Å². The summed E-state index contributed by atoms with van der Waals surface area (Å²) in [5.41, 5.74) is 1.65. The molecular weight excluding hydrogens is 332 g/mol. The molecule has 1 aromatic heterocycles. The van der Waals surface area contributed by atoms with E-state index < -0.39 is 5.76 Å². The number of amides is 1. The van der Waals surface area contributed by atoms with Crippen LogP contribution in [0, 0.1) is 0 Å². The summed E-state index contributed by atoms with van der Waals surface area (Å²) in [6.07, 6.45) is 0.110. The molecule has 24 heavy (non-hydrogen) atoms. The number of benzene rings is 2. The van der Waals surface area contributed by atoms with Crippen molar-refractivity contribution in [2.75, 3.05) is 12.4 Å². The van der Waals surface area contributed by atoms with Gasteiger partial charge in [0.15, 0.2) is 11.3 Å². The zero-order valence-corrected chi connectivity index (χ0v) is 13.7. The van der Waals surface area contributed by atoms with Gasteiger partial charge in [-0.05, 0) is 24.3 Å². The zero-order chi connectivity index (χ0) is 17.1. The molecule has 1 heterocycles. The monoisotopic (exact) mass is 346 g/mol. The van der Waals surface area contributed by atoms with Gasteiger partial charge >= 0.3 is 5.76 Å². The second-order valence-corrected chi connectivity index (χ2v) is 5.51. The van der Waals surface area contributed by atoms with Gasteiger partial charge in [-0.25, -0.2) is 4.79 Å². The number of rotatable bonds is 5.